The summed E-state index contributed by atoms with van der Waals surface area (Å²) in [7, 11) is 0. The second-order valence-corrected chi connectivity index (χ2v) is 11.0. The lowest BCUT2D eigenvalue weighted by Gasteiger charge is -2.31. The average Bonchev–Trinajstić information content (AvgIpc) is 2.92. The van der Waals surface area contributed by atoms with Crippen molar-refractivity contribution in [3.63, 3.8) is 0 Å². The topological polar surface area (TPSA) is 18.5 Å². The summed E-state index contributed by atoms with van der Waals surface area (Å²) < 4.78 is 41.1. The van der Waals surface area contributed by atoms with Crippen LogP contribution >= 0.6 is 0 Å². The number of benzene rings is 2. The van der Waals surface area contributed by atoms with Crippen molar-refractivity contribution in [3.8, 4) is 0 Å². The Kier molecular flexibility index (Phi) is 10.4. The maximum atomic E-state index is 14.8. The van der Waals surface area contributed by atoms with E-state index >= 15 is 0 Å². The van der Waals surface area contributed by atoms with Gasteiger partial charge in [0.05, 0.1) is 13.2 Å². The number of aryl methyl sites for hydroxylation is 1. The summed E-state index contributed by atoms with van der Waals surface area (Å²) in [5, 5.41) is 0. The van der Waals surface area contributed by atoms with Crippen molar-refractivity contribution in [1.29, 1.82) is 0 Å². The van der Waals surface area contributed by atoms with Crippen LogP contribution in [0, 0.1) is 17.6 Å². The molecule has 4 heteroatoms. The molecule has 1 heterocycles. The van der Waals surface area contributed by atoms with Crippen LogP contribution < -0.4 is 0 Å². The highest BCUT2D eigenvalue weighted by Crippen LogP contribution is 2.39. The molecule has 1 saturated heterocycles. The van der Waals surface area contributed by atoms with Gasteiger partial charge in [0, 0.05) is 11.5 Å². The summed E-state index contributed by atoms with van der Waals surface area (Å²) in [6, 6.07) is 12.3. The Bertz CT molecular complexity index is 926. The predicted molar refractivity (Wildman–Crippen MR) is 142 cm³/mol. The molecule has 0 amide bonds. The van der Waals surface area contributed by atoms with Crippen molar-refractivity contribution in [1.82, 2.24) is 0 Å². The van der Waals surface area contributed by atoms with E-state index in [1.54, 1.807) is 12.1 Å². The van der Waals surface area contributed by atoms with E-state index in [2.05, 4.69) is 38.1 Å². The highest BCUT2D eigenvalue weighted by molar-refractivity contribution is 5.30. The number of halogens is 2. The minimum atomic E-state index is -0.854. The molecule has 198 valence electrons. The average molecular weight is 499 g/mol. The lowest BCUT2D eigenvalue weighted by Crippen LogP contribution is -2.26. The molecule has 1 aliphatic heterocycles. The quantitative estimate of drug-likeness (QED) is 0.287. The maximum absolute atomic E-state index is 14.8. The molecule has 1 aliphatic carbocycles. The fourth-order valence-corrected chi connectivity index (χ4v) is 5.93. The van der Waals surface area contributed by atoms with Crippen LogP contribution in [0.3, 0.4) is 0 Å². The summed E-state index contributed by atoms with van der Waals surface area (Å²) in [4.78, 5) is 0. The Morgan fingerprint density at radius 1 is 0.694 bits per heavy atom. The van der Waals surface area contributed by atoms with E-state index in [-0.39, 0.29) is 11.5 Å². The van der Waals surface area contributed by atoms with Gasteiger partial charge in [0.25, 0.3) is 0 Å². The molecule has 0 radical (unpaired) electrons. The van der Waals surface area contributed by atoms with Crippen molar-refractivity contribution in [2.45, 2.75) is 109 Å². The third-order valence-electron chi connectivity index (χ3n) is 8.34. The Hall–Kier alpha value is -1.78. The molecule has 1 saturated carbocycles. The van der Waals surface area contributed by atoms with E-state index in [9.17, 15) is 8.78 Å². The first-order valence-electron chi connectivity index (χ1n) is 14.4. The van der Waals surface area contributed by atoms with E-state index in [1.165, 1.54) is 62.5 Å². The van der Waals surface area contributed by atoms with E-state index in [1.807, 2.05) is 0 Å². The standard InChI is InChI=1S/C32H44F2O2/c1-3-5-7-9-23-11-13-24(14-12-23)25-15-17-26(18-16-25)28-21-35-32(36-22-28)29-20-19-27(10-8-6-4-2)30(33)31(29)34/h15-20,23-24,28,32H,3-14,21-22H2,1-2H3. The Morgan fingerprint density at radius 2 is 1.31 bits per heavy atom. The molecule has 4 rings (SSSR count). The molecule has 2 nitrogen and oxygen atoms in total. The second kappa shape index (κ2) is 13.7. The van der Waals surface area contributed by atoms with Crippen LogP contribution in [0.1, 0.15) is 125 Å². The number of hydrogen-bond donors (Lipinski definition) is 0. The van der Waals surface area contributed by atoms with E-state index < -0.39 is 17.9 Å². The van der Waals surface area contributed by atoms with Gasteiger partial charge in [-0.3, -0.25) is 0 Å². The number of rotatable bonds is 11. The molecule has 0 N–H and O–H groups in total. The van der Waals surface area contributed by atoms with Crippen molar-refractivity contribution < 1.29 is 18.3 Å². The number of hydrogen-bond acceptors (Lipinski definition) is 2. The summed E-state index contributed by atoms with van der Waals surface area (Å²) in [6.45, 7) is 5.25. The van der Waals surface area contributed by atoms with Crippen molar-refractivity contribution in [2.75, 3.05) is 13.2 Å². The summed E-state index contributed by atoms with van der Waals surface area (Å²) >= 11 is 0. The Labute approximate surface area is 216 Å². The zero-order chi connectivity index (χ0) is 25.3. The van der Waals surface area contributed by atoms with Gasteiger partial charge in [0.1, 0.15) is 0 Å². The third-order valence-corrected chi connectivity index (χ3v) is 8.34. The monoisotopic (exact) mass is 498 g/mol. The van der Waals surface area contributed by atoms with Gasteiger partial charge in [-0.15, -0.1) is 0 Å². The molecular weight excluding hydrogens is 454 g/mol. The summed E-state index contributed by atoms with van der Waals surface area (Å²) in [6.07, 6.45) is 13.4. The smallest absolute Gasteiger partial charge is 0.186 e. The third kappa shape index (κ3) is 6.95. The van der Waals surface area contributed by atoms with E-state index in [0.717, 1.165) is 25.2 Å². The summed E-state index contributed by atoms with van der Waals surface area (Å²) in [5.74, 6) is 0.103. The zero-order valence-corrected chi connectivity index (χ0v) is 22.2. The Morgan fingerprint density at radius 3 is 1.94 bits per heavy atom. The molecule has 2 aromatic carbocycles. The molecule has 2 fully saturated rings. The van der Waals surface area contributed by atoms with E-state index in [4.69, 9.17) is 9.47 Å². The molecule has 0 spiro atoms. The van der Waals surface area contributed by atoms with Crippen LogP contribution in [-0.4, -0.2) is 13.2 Å². The van der Waals surface area contributed by atoms with Crippen molar-refractivity contribution >= 4 is 0 Å². The van der Waals surface area contributed by atoms with Crippen molar-refractivity contribution in [3.05, 3.63) is 70.3 Å². The first-order chi connectivity index (χ1) is 17.6. The fourth-order valence-electron chi connectivity index (χ4n) is 5.93. The minimum absolute atomic E-state index is 0.103. The molecule has 0 aromatic heterocycles. The maximum Gasteiger partial charge on any atom is 0.186 e. The number of ether oxygens (including phenoxy) is 2. The van der Waals surface area contributed by atoms with Crippen molar-refractivity contribution in [2.24, 2.45) is 5.92 Å². The molecule has 0 atom stereocenters. The van der Waals surface area contributed by atoms with Crippen LogP contribution in [0.5, 0.6) is 0 Å². The largest absolute Gasteiger partial charge is 0.348 e. The molecule has 0 unspecified atom stereocenters. The predicted octanol–water partition coefficient (Wildman–Crippen LogP) is 9.38. The van der Waals surface area contributed by atoms with Gasteiger partial charge >= 0.3 is 0 Å². The fraction of sp³-hybridized carbons (Fsp3) is 0.625. The van der Waals surface area contributed by atoms with Gasteiger partial charge < -0.3 is 9.47 Å². The van der Waals surface area contributed by atoms with Crippen LogP contribution in [0.2, 0.25) is 0 Å². The lowest BCUT2D eigenvalue weighted by molar-refractivity contribution is -0.193. The van der Waals surface area contributed by atoms with Crippen LogP contribution in [0.4, 0.5) is 8.78 Å². The number of unbranched alkanes of at least 4 members (excludes halogenated alkanes) is 4. The van der Waals surface area contributed by atoms with Crippen LogP contribution in [0.25, 0.3) is 0 Å². The van der Waals surface area contributed by atoms with Gasteiger partial charge in [0.15, 0.2) is 17.9 Å². The highest BCUT2D eigenvalue weighted by Gasteiger charge is 2.29. The first kappa shape index (κ1) is 27.3. The molecule has 2 aromatic rings. The van der Waals surface area contributed by atoms with Gasteiger partial charge in [-0.2, -0.15) is 0 Å². The van der Waals surface area contributed by atoms with E-state index in [0.29, 0.717) is 31.1 Å². The van der Waals surface area contributed by atoms with Crippen LogP contribution in [0.15, 0.2) is 36.4 Å². The molecule has 0 bridgehead atoms. The highest BCUT2D eigenvalue weighted by atomic mass is 19.2. The SMILES string of the molecule is CCCCCc1ccc(C2OCC(c3ccc(C4CCC(CCCCC)CC4)cc3)CO2)c(F)c1F. The first-order valence-corrected chi connectivity index (χ1v) is 14.4. The van der Waals surface area contributed by atoms with Gasteiger partial charge in [-0.25, -0.2) is 8.78 Å². The summed E-state index contributed by atoms with van der Waals surface area (Å²) in [5.41, 5.74) is 3.22. The van der Waals surface area contributed by atoms with Gasteiger partial charge in [-0.05, 0) is 67.1 Å². The second-order valence-electron chi connectivity index (χ2n) is 11.0. The molecule has 36 heavy (non-hydrogen) atoms. The zero-order valence-electron chi connectivity index (χ0n) is 22.2. The van der Waals surface area contributed by atoms with Gasteiger partial charge in [-0.1, -0.05) is 88.8 Å². The lowest BCUT2D eigenvalue weighted by atomic mass is 9.77. The normalized spacial score (nSPS) is 24.7. The minimum Gasteiger partial charge on any atom is -0.348 e. The molecule has 2 aliphatic rings. The van der Waals surface area contributed by atoms with Crippen LogP contribution in [-0.2, 0) is 15.9 Å². The Balaban J connectivity index is 1.27. The van der Waals surface area contributed by atoms with Gasteiger partial charge in [0.2, 0.25) is 0 Å². The molecular formula is C32H44F2O2.